The third-order valence-electron chi connectivity index (χ3n) is 2.50. The first-order valence-electron chi connectivity index (χ1n) is 6.81. The van der Waals surface area contributed by atoms with Crippen molar-refractivity contribution < 1.29 is 13.6 Å². The number of thiophene rings is 1. The van der Waals surface area contributed by atoms with Crippen molar-refractivity contribution in [1.29, 1.82) is 0 Å². The van der Waals surface area contributed by atoms with E-state index < -0.39 is 7.60 Å². The second kappa shape index (κ2) is 9.49. The fourth-order valence-electron chi connectivity index (χ4n) is 1.35. The lowest BCUT2D eigenvalue weighted by atomic mass is 10.4. The number of hydrogen-bond acceptors (Lipinski definition) is 4. The van der Waals surface area contributed by atoms with E-state index in [9.17, 15) is 4.57 Å². The maximum absolute atomic E-state index is 12.5. The summed E-state index contributed by atoms with van der Waals surface area (Å²) in [5.41, 5.74) is 0. The van der Waals surface area contributed by atoms with E-state index in [4.69, 9.17) is 9.05 Å². The fraction of sp³-hybridized carbons (Fsp3) is 0.571. The Kier molecular flexibility index (Phi) is 8.31. The molecule has 0 aliphatic rings. The summed E-state index contributed by atoms with van der Waals surface area (Å²) < 4.78 is 23.5. The van der Waals surface area contributed by atoms with Crippen LogP contribution in [-0.4, -0.2) is 13.2 Å². The Hall–Kier alpha value is -0.410. The minimum Gasteiger partial charge on any atom is -0.306 e. The monoisotopic (exact) mass is 302 g/mol. The minimum atomic E-state index is -3.09. The van der Waals surface area contributed by atoms with E-state index in [1.807, 2.05) is 23.6 Å². The molecule has 3 nitrogen and oxygen atoms in total. The summed E-state index contributed by atoms with van der Waals surface area (Å²) in [6.45, 7) is 5.12. The zero-order valence-corrected chi connectivity index (χ0v) is 13.4. The van der Waals surface area contributed by atoms with Gasteiger partial charge in [0.1, 0.15) is 0 Å². The van der Waals surface area contributed by atoms with Gasteiger partial charge >= 0.3 is 7.60 Å². The summed E-state index contributed by atoms with van der Waals surface area (Å²) in [4.78, 5) is 1.05. The molecule has 0 saturated carbocycles. The standard InChI is InChI=1S/C14H23O3PS/c1-3-5-10-16-18(15,17-11-6-4-2)12-9-14-8-7-13-19-14/h7-9,12-13H,3-6,10-11H2,1-2H3. The van der Waals surface area contributed by atoms with Crippen molar-refractivity contribution in [3.63, 3.8) is 0 Å². The molecule has 0 aromatic carbocycles. The minimum absolute atomic E-state index is 0.481. The highest BCUT2D eigenvalue weighted by molar-refractivity contribution is 7.57. The van der Waals surface area contributed by atoms with Crippen molar-refractivity contribution >= 4 is 25.0 Å². The summed E-state index contributed by atoms with van der Waals surface area (Å²) in [5, 5.41) is 1.99. The first-order valence-corrected chi connectivity index (χ1v) is 9.31. The second-order valence-corrected chi connectivity index (χ2v) is 7.12. The zero-order valence-electron chi connectivity index (χ0n) is 11.7. The first-order chi connectivity index (χ1) is 9.20. The quantitative estimate of drug-likeness (QED) is 0.420. The van der Waals surface area contributed by atoms with E-state index in [2.05, 4.69) is 13.8 Å². The van der Waals surface area contributed by atoms with Crippen molar-refractivity contribution in [2.24, 2.45) is 0 Å². The lowest BCUT2D eigenvalue weighted by Gasteiger charge is -2.14. The van der Waals surface area contributed by atoms with Gasteiger partial charge in [0, 0.05) is 10.7 Å². The summed E-state index contributed by atoms with van der Waals surface area (Å²) >= 11 is 1.60. The predicted octanol–water partition coefficient (Wildman–Crippen LogP) is 5.55. The highest BCUT2D eigenvalue weighted by Crippen LogP contribution is 2.50. The van der Waals surface area contributed by atoms with Crippen molar-refractivity contribution in [1.82, 2.24) is 0 Å². The Morgan fingerprint density at radius 1 is 1.21 bits per heavy atom. The van der Waals surface area contributed by atoms with Crippen LogP contribution in [0.5, 0.6) is 0 Å². The normalized spacial score (nSPS) is 12.3. The van der Waals surface area contributed by atoms with Crippen LogP contribution >= 0.6 is 18.9 Å². The predicted molar refractivity (Wildman–Crippen MR) is 82.7 cm³/mol. The van der Waals surface area contributed by atoms with Crippen LogP contribution < -0.4 is 0 Å². The summed E-state index contributed by atoms with van der Waals surface area (Å²) in [6, 6.07) is 3.94. The molecule has 1 heterocycles. The van der Waals surface area contributed by atoms with Crippen LogP contribution in [0.2, 0.25) is 0 Å². The van der Waals surface area contributed by atoms with Crippen LogP contribution in [-0.2, 0) is 13.6 Å². The van der Waals surface area contributed by atoms with E-state index in [0.717, 1.165) is 30.6 Å². The molecule has 0 N–H and O–H groups in total. The van der Waals surface area contributed by atoms with Crippen LogP contribution in [0.3, 0.4) is 0 Å². The van der Waals surface area contributed by atoms with E-state index in [0.29, 0.717) is 13.2 Å². The molecule has 0 aliphatic carbocycles. The Labute approximate surface area is 120 Å². The molecule has 5 heteroatoms. The van der Waals surface area contributed by atoms with Gasteiger partial charge in [-0.15, -0.1) is 11.3 Å². The SMILES string of the molecule is CCCCOP(=O)(C=Cc1cccs1)OCCCC. The van der Waals surface area contributed by atoms with Crippen LogP contribution in [0.4, 0.5) is 0 Å². The third kappa shape index (κ3) is 7.07. The van der Waals surface area contributed by atoms with Crippen molar-refractivity contribution in [2.75, 3.05) is 13.2 Å². The molecule has 0 bridgehead atoms. The molecule has 1 aromatic heterocycles. The van der Waals surface area contributed by atoms with Gasteiger partial charge in [-0.05, 0) is 30.4 Å². The van der Waals surface area contributed by atoms with Crippen molar-refractivity contribution in [3.05, 3.63) is 28.2 Å². The Morgan fingerprint density at radius 3 is 2.32 bits per heavy atom. The fourth-order valence-corrected chi connectivity index (χ4v) is 3.42. The molecule has 0 atom stereocenters. The maximum atomic E-state index is 12.5. The van der Waals surface area contributed by atoms with Gasteiger partial charge in [-0.3, -0.25) is 4.57 Å². The first kappa shape index (κ1) is 16.6. The molecule has 1 rings (SSSR count). The molecule has 108 valence electrons. The largest absolute Gasteiger partial charge is 0.354 e. The highest BCUT2D eigenvalue weighted by Gasteiger charge is 2.20. The topological polar surface area (TPSA) is 35.5 Å². The van der Waals surface area contributed by atoms with Gasteiger partial charge in [-0.25, -0.2) is 0 Å². The van der Waals surface area contributed by atoms with Gasteiger partial charge in [0.15, 0.2) is 0 Å². The van der Waals surface area contributed by atoms with Crippen LogP contribution in [0, 0.1) is 0 Å². The second-order valence-electron chi connectivity index (χ2n) is 4.24. The molecule has 0 aliphatic heterocycles. The summed E-state index contributed by atoms with van der Waals surface area (Å²) in [7, 11) is -3.09. The van der Waals surface area contributed by atoms with Crippen LogP contribution in [0.15, 0.2) is 23.3 Å². The Balaban J connectivity index is 2.59. The summed E-state index contributed by atoms with van der Waals surface area (Å²) in [6.07, 6.45) is 5.65. The average molecular weight is 302 g/mol. The molecule has 0 spiro atoms. The molecule has 1 aromatic rings. The Bertz CT molecular complexity index is 387. The highest BCUT2D eigenvalue weighted by atomic mass is 32.1. The molecule has 19 heavy (non-hydrogen) atoms. The Morgan fingerprint density at radius 2 is 1.84 bits per heavy atom. The number of unbranched alkanes of at least 4 members (excludes halogenated alkanes) is 2. The van der Waals surface area contributed by atoms with E-state index in [-0.39, 0.29) is 0 Å². The van der Waals surface area contributed by atoms with Gasteiger partial charge in [-0.1, -0.05) is 32.8 Å². The van der Waals surface area contributed by atoms with E-state index in [1.165, 1.54) is 0 Å². The van der Waals surface area contributed by atoms with E-state index in [1.54, 1.807) is 17.2 Å². The molecule has 0 saturated heterocycles. The molecule has 0 unspecified atom stereocenters. The van der Waals surface area contributed by atoms with Gasteiger partial charge in [0.2, 0.25) is 0 Å². The van der Waals surface area contributed by atoms with Gasteiger partial charge in [0.25, 0.3) is 0 Å². The number of hydrogen-bond donors (Lipinski definition) is 0. The molecular formula is C14H23O3PS. The lowest BCUT2D eigenvalue weighted by molar-refractivity contribution is 0.208. The molecule has 0 amide bonds. The zero-order chi connectivity index (χ0) is 14.0. The smallest absolute Gasteiger partial charge is 0.306 e. The molecular weight excluding hydrogens is 279 g/mol. The third-order valence-corrected chi connectivity index (χ3v) is 4.94. The number of rotatable bonds is 10. The maximum Gasteiger partial charge on any atom is 0.354 e. The van der Waals surface area contributed by atoms with Crippen molar-refractivity contribution in [2.45, 2.75) is 39.5 Å². The average Bonchev–Trinajstić information content (AvgIpc) is 2.91. The molecule has 0 fully saturated rings. The van der Waals surface area contributed by atoms with Crippen molar-refractivity contribution in [3.8, 4) is 0 Å². The van der Waals surface area contributed by atoms with Crippen LogP contribution in [0.1, 0.15) is 44.4 Å². The van der Waals surface area contributed by atoms with E-state index >= 15 is 0 Å². The summed E-state index contributed by atoms with van der Waals surface area (Å²) in [5.74, 6) is 1.59. The van der Waals surface area contributed by atoms with Gasteiger partial charge in [-0.2, -0.15) is 0 Å². The van der Waals surface area contributed by atoms with Gasteiger partial charge in [0.05, 0.1) is 13.2 Å². The van der Waals surface area contributed by atoms with Crippen LogP contribution in [0.25, 0.3) is 6.08 Å². The molecule has 0 radical (unpaired) electrons. The lowest BCUT2D eigenvalue weighted by Crippen LogP contribution is -1.97. The van der Waals surface area contributed by atoms with Gasteiger partial charge < -0.3 is 9.05 Å².